The van der Waals surface area contributed by atoms with Gasteiger partial charge in [0.1, 0.15) is 0 Å². The van der Waals surface area contributed by atoms with Gasteiger partial charge in [-0.15, -0.1) is 0 Å². The van der Waals surface area contributed by atoms with E-state index in [1.807, 2.05) is 13.8 Å². The molecular formula is C10H18ClN5O. The van der Waals surface area contributed by atoms with Crippen molar-refractivity contribution in [1.29, 1.82) is 0 Å². The minimum atomic E-state index is -0.372. The fraction of sp³-hybridized carbons (Fsp3) is 0.700. The van der Waals surface area contributed by atoms with E-state index in [4.69, 9.17) is 11.6 Å². The third-order valence-corrected chi connectivity index (χ3v) is 2.18. The molecule has 1 aromatic rings. The number of nitrogens with zero attached hydrogens (tertiary/aromatic N) is 3. The summed E-state index contributed by atoms with van der Waals surface area (Å²) in [5.74, 6) is 0.855. The van der Waals surface area contributed by atoms with Gasteiger partial charge < -0.3 is 15.7 Å². The number of anilines is 2. The van der Waals surface area contributed by atoms with Crippen LogP contribution in [0.15, 0.2) is 0 Å². The van der Waals surface area contributed by atoms with Gasteiger partial charge in [-0.1, -0.05) is 0 Å². The van der Waals surface area contributed by atoms with Gasteiger partial charge in [0, 0.05) is 12.6 Å². The van der Waals surface area contributed by atoms with E-state index >= 15 is 0 Å². The Bertz CT molecular complexity index is 361. The fourth-order valence-electron chi connectivity index (χ4n) is 1.44. The highest BCUT2D eigenvalue weighted by molar-refractivity contribution is 6.28. The molecule has 0 aliphatic heterocycles. The maximum atomic E-state index is 9.26. The summed E-state index contributed by atoms with van der Waals surface area (Å²) in [4.78, 5) is 12.1. The van der Waals surface area contributed by atoms with Crippen molar-refractivity contribution in [2.75, 3.05) is 17.2 Å². The normalized spacial score (nSPS) is 14.2. The van der Waals surface area contributed by atoms with Crippen molar-refractivity contribution >= 4 is 23.5 Å². The molecule has 2 atom stereocenters. The number of aromatic nitrogens is 3. The molecule has 0 bridgehead atoms. The van der Waals surface area contributed by atoms with Crippen molar-refractivity contribution in [2.24, 2.45) is 0 Å². The third kappa shape index (κ3) is 5.14. The molecule has 0 aliphatic carbocycles. The summed E-state index contributed by atoms with van der Waals surface area (Å²) in [5.41, 5.74) is 0. The molecule has 1 aromatic heterocycles. The maximum absolute atomic E-state index is 9.26. The lowest BCUT2D eigenvalue weighted by molar-refractivity contribution is 0.179. The molecule has 1 heterocycles. The summed E-state index contributed by atoms with van der Waals surface area (Å²) in [6.45, 7) is 6.34. The van der Waals surface area contributed by atoms with Crippen molar-refractivity contribution < 1.29 is 5.11 Å². The van der Waals surface area contributed by atoms with Crippen molar-refractivity contribution in [3.8, 4) is 0 Å². The molecule has 0 fully saturated rings. The van der Waals surface area contributed by atoms with Gasteiger partial charge in [0.2, 0.25) is 17.2 Å². The predicted octanol–water partition coefficient (Wildman–Crippen LogP) is 1.53. The highest BCUT2D eigenvalue weighted by Crippen LogP contribution is 2.11. The molecule has 0 aliphatic rings. The van der Waals surface area contributed by atoms with Crippen molar-refractivity contribution in [3.63, 3.8) is 0 Å². The lowest BCUT2D eigenvalue weighted by Crippen LogP contribution is -2.22. The van der Waals surface area contributed by atoms with E-state index in [1.165, 1.54) is 0 Å². The summed E-state index contributed by atoms with van der Waals surface area (Å²) < 4.78 is 0. The maximum Gasteiger partial charge on any atom is 0.229 e. The van der Waals surface area contributed by atoms with Gasteiger partial charge in [-0.3, -0.25) is 0 Å². The molecule has 1 rings (SSSR count). The highest BCUT2D eigenvalue weighted by atomic mass is 35.5. The van der Waals surface area contributed by atoms with Gasteiger partial charge in [-0.25, -0.2) is 0 Å². The van der Waals surface area contributed by atoms with E-state index in [1.54, 1.807) is 6.92 Å². The number of nitrogens with one attached hydrogen (secondary N) is 2. The summed E-state index contributed by atoms with van der Waals surface area (Å²) in [6, 6.07) is 0.0583. The van der Waals surface area contributed by atoms with E-state index in [9.17, 15) is 5.11 Å². The fourth-order valence-corrected chi connectivity index (χ4v) is 1.60. The van der Waals surface area contributed by atoms with Gasteiger partial charge >= 0.3 is 0 Å². The van der Waals surface area contributed by atoms with Crippen molar-refractivity contribution in [1.82, 2.24) is 15.0 Å². The van der Waals surface area contributed by atoms with Crippen LogP contribution in [0.1, 0.15) is 27.2 Å². The Morgan fingerprint density at radius 2 is 1.88 bits per heavy atom. The van der Waals surface area contributed by atoms with Gasteiger partial charge in [0.05, 0.1) is 6.10 Å². The Labute approximate surface area is 106 Å². The lowest BCUT2D eigenvalue weighted by atomic mass is 10.2. The summed E-state index contributed by atoms with van der Waals surface area (Å²) in [5, 5.41) is 15.4. The van der Waals surface area contributed by atoms with Gasteiger partial charge in [0.15, 0.2) is 0 Å². The minimum absolute atomic E-state index is 0.0583. The van der Waals surface area contributed by atoms with Gasteiger partial charge in [-0.05, 0) is 38.8 Å². The second kappa shape index (κ2) is 6.56. The standard InChI is InChI=1S/C10H18ClN5O/c1-4-12-9-14-8(11)15-10(16-9)13-6(2)5-7(3)17/h6-7,17H,4-5H2,1-3H3,(H2,12,13,14,15,16). The second-order valence-corrected chi connectivity index (χ2v) is 4.25. The molecule has 0 saturated heterocycles. The van der Waals surface area contributed by atoms with Crippen LogP contribution in [-0.2, 0) is 0 Å². The first-order valence-corrected chi connectivity index (χ1v) is 5.99. The summed E-state index contributed by atoms with van der Waals surface area (Å²) in [6.07, 6.45) is 0.239. The number of rotatable bonds is 6. The van der Waals surface area contributed by atoms with Crippen molar-refractivity contribution in [3.05, 3.63) is 5.28 Å². The Balaban J connectivity index is 2.69. The molecule has 96 valence electrons. The van der Waals surface area contributed by atoms with Crippen LogP contribution >= 0.6 is 11.6 Å². The number of aliphatic hydroxyl groups excluding tert-OH is 1. The Morgan fingerprint density at radius 3 is 2.47 bits per heavy atom. The average molecular weight is 260 g/mol. The van der Waals surface area contributed by atoms with E-state index in [0.717, 1.165) is 0 Å². The molecule has 6 nitrogen and oxygen atoms in total. The van der Waals surface area contributed by atoms with Crippen LogP contribution in [0.25, 0.3) is 0 Å². The zero-order chi connectivity index (χ0) is 12.8. The number of hydrogen-bond donors (Lipinski definition) is 3. The number of halogens is 1. The average Bonchev–Trinajstić information content (AvgIpc) is 2.14. The molecule has 0 radical (unpaired) electrons. The van der Waals surface area contributed by atoms with Crippen LogP contribution in [0.5, 0.6) is 0 Å². The summed E-state index contributed by atoms with van der Waals surface area (Å²) in [7, 11) is 0. The molecule has 0 spiro atoms. The zero-order valence-electron chi connectivity index (χ0n) is 10.2. The quantitative estimate of drug-likeness (QED) is 0.719. The van der Waals surface area contributed by atoms with Crippen LogP contribution in [0.2, 0.25) is 5.28 Å². The first-order chi connectivity index (χ1) is 8.01. The monoisotopic (exact) mass is 259 g/mol. The molecule has 0 amide bonds. The van der Waals surface area contributed by atoms with E-state index in [0.29, 0.717) is 24.9 Å². The third-order valence-electron chi connectivity index (χ3n) is 2.01. The van der Waals surface area contributed by atoms with E-state index in [-0.39, 0.29) is 17.4 Å². The minimum Gasteiger partial charge on any atom is -0.393 e. The predicted molar refractivity (Wildman–Crippen MR) is 68.4 cm³/mol. The molecule has 17 heavy (non-hydrogen) atoms. The number of hydrogen-bond acceptors (Lipinski definition) is 6. The van der Waals surface area contributed by atoms with Gasteiger partial charge in [-0.2, -0.15) is 15.0 Å². The lowest BCUT2D eigenvalue weighted by Gasteiger charge is -2.15. The molecule has 3 N–H and O–H groups in total. The topological polar surface area (TPSA) is 83.0 Å². The Hall–Kier alpha value is -1.14. The largest absolute Gasteiger partial charge is 0.393 e. The van der Waals surface area contributed by atoms with Crippen LogP contribution in [0, 0.1) is 0 Å². The van der Waals surface area contributed by atoms with Crippen LogP contribution < -0.4 is 10.6 Å². The smallest absolute Gasteiger partial charge is 0.229 e. The van der Waals surface area contributed by atoms with Gasteiger partial charge in [0.25, 0.3) is 0 Å². The SMILES string of the molecule is CCNc1nc(Cl)nc(NC(C)CC(C)O)n1. The first-order valence-electron chi connectivity index (χ1n) is 5.61. The summed E-state index contributed by atoms with van der Waals surface area (Å²) >= 11 is 5.78. The van der Waals surface area contributed by atoms with Crippen LogP contribution in [-0.4, -0.2) is 38.7 Å². The van der Waals surface area contributed by atoms with Crippen LogP contribution in [0.3, 0.4) is 0 Å². The second-order valence-electron chi connectivity index (χ2n) is 3.91. The molecule has 0 saturated carbocycles. The first kappa shape index (κ1) is 13.9. The van der Waals surface area contributed by atoms with E-state index in [2.05, 4.69) is 25.6 Å². The van der Waals surface area contributed by atoms with E-state index < -0.39 is 0 Å². The molecule has 0 aromatic carbocycles. The number of aliphatic hydroxyl groups is 1. The molecule has 7 heteroatoms. The van der Waals surface area contributed by atoms with Crippen LogP contribution in [0.4, 0.5) is 11.9 Å². The van der Waals surface area contributed by atoms with Crippen molar-refractivity contribution in [2.45, 2.75) is 39.3 Å². The highest BCUT2D eigenvalue weighted by Gasteiger charge is 2.09. The Morgan fingerprint density at radius 1 is 1.24 bits per heavy atom. The zero-order valence-corrected chi connectivity index (χ0v) is 11.0. The Kier molecular flexibility index (Phi) is 5.37. The molecular weight excluding hydrogens is 242 g/mol. The molecule has 2 unspecified atom stereocenters.